The number of aryl methyl sites for hydroxylation is 1. The summed E-state index contributed by atoms with van der Waals surface area (Å²) < 4.78 is 1.99. The summed E-state index contributed by atoms with van der Waals surface area (Å²) in [6.07, 6.45) is 0.945. The standard InChI is InChI=1S/C19H25Cl2N3O/c1-12(2)11-24-14(4)16(13(3)23-24)10-19(25)22-9-8-15-17(20)6-5-7-18(15)21/h5-7,12H,8-11H2,1-4H3,(H,22,25). The zero-order chi connectivity index (χ0) is 18.6. The summed E-state index contributed by atoms with van der Waals surface area (Å²) in [6.45, 7) is 9.65. The van der Waals surface area contributed by atoms with Crippen molar-refractivity contribution in [2.75, 3.05) is 6.54 Å². The molecule has 1 N–H and O–H groups in total. The van der Waals surface area contributed by atoms with Crippen LogP contribution in [0, 0.1) is 19.8 Å². The first-order valence-electron chi connectivity index (χ1n) is 8.52. The zero-order valence-corrected chi connectivity index (χ0v) is 16.7. The van der Waals surface area contributed by atoms with Crippen LogP contribution in [0.1, 0.15) is 36.4 Å². The third-order valence-corrected chi connectivity index (χ3v) is 4.87. The van der Waals surface area contributed by atoms with Crippen molar-refractivity contribution < 1.29 is 4.79 Å². The molecule has 0 saturated carbocycles. The Morgan fingerprint density at radius 3 is 2.44 bits per heavy atom. The van der Waals surface area contributed by atoms with Gasteiger partial charge < -0.3 is 5.32 Å². The van der Waals surface area contributed by atoms with Crippen LogP contribution < -0.4 is 5.32 Å². The van der Waals surface area contributed by atoms with Gasteiger partial charge in [-0.2, -0.15) is 5.10 Å². The Hall–Kier alpha value is -1.52. The third kappa shape index (κ3) is 5.23. The predicted molar refractivity (Wildman–Crippen MR) is 103 cm³/mol. The molecule has 0 spiro atoms. The molecular weight excluding hydrogens is 357 g/mol. The molecule has 1 amide bonds. The number of nitrogens with one attached hydrogen (secondary N) is 1. The minimum Gasteiger partial charge on any atom is -0.355 e. The van der Waals surface area contributed by atoms with E-state index >= 15 is 0 Å². The van der Waals surface area contributed by atoms with Crippen molar-refractivity contribution in [3.8, 4) is 0 Å². The van der Waals surface area contributed by atoms with Crippen molar-refractivity contribution in [2.24, 2.45) is 5.92 Å². The molecule has 0 fully saturated rings. The molecule has 25 heavy (non-hydrogen) atoms. The lowest BCUT2D eigenvalue weighted by Gasteiger charge is -2.09. The Balaban J connectivity index is 1.94. The number of nitrogens with zero attached hydrogens (tertiary/aromatic N) is 2. The van der Waals surface area contributed by atoms with Crippen LogP contribution in [0.25, 0.3) is 0 Å². The molecule has 0 unspecified atom stereocenters. The lowest BCUT2D eigenvalue weighted by molar-refractivity contribution is -0.120. The molecule has 0 atom stereocenters. The first-order valence-corrected chi connectivity index (χ1v) is 9.27. The topological polar surface area (TPSA) is 46.9 Å². The highest BCUT2D eigenvalue weighted by molar-refractivity contribution is 6.35. The van der Waals surface area contributed by atoms with Gasteiger partial charge in [0.05, 0.1) is 12.1 Å². The Morgan fingerprint density at radius 1 is 1.20 bits per heavy atom. The van der Waals surface area contributed by atoms with E-state index in [1.807, 2.05) is 24.6 Å². The van der Waals surface area contributed by atoms with Crippen molar-refractivity contribution in [2.45, 2.75) is 47.1 Å². The second-order valence-electron chi connectivity index (χ2n) is 6.70. The maximum Gasteiger partial charge on any atom is 0.224 e. The molecule has 0 aliphatic rings. The summed E-state index contributed by atoms with van der Waals surface area (Å²) in [5.74, 6) is 0.499. The quantitative estimate of drug-likeness (QED) is 0.773. The van der Waals surface area contributed by atoms with Gasteiger partial charge in [0.25, 0.3) is 0 Å². The molecule has 2 aromatic rings. The van der Waals surface area contributed by atoms with Gasteiger partial charge in [-0.3, -0.25) is 9.48 Å². The van der Waals surface area contributed by atoms with E-state index in [2.05, 4.69) is 24.3 Å². The van der Waals surface area contributed by atoms with Crippen molar-refractivity contribution in [1.82, 2.24) is 15.1 Å². The van der Waals surface area contributed by atoms with Crippen LogP contribution in [0.2, 0.25) is 10.0 Å². The van der Waals surface area contributed by atoms with Gasteiger partial charge >= 0.3 is 0 Å². The molecule has 0 radical (unpaired) electrons. The van der Waals surface area contributed by atoms with Crippen LogP contribution in [0.4, 0.5) is 0 Å². The number of hydrogen-bond acceptors (Lipinski definition) is 2. The molecule has 0 aliphatic carbocycles. The molecule has 1 aromatic carbocycles. The van der Waals surface area contributed by atoms with Crippen molar-refractivity contribution in [3.05, 3.63) is 50.8 Å². The fourth-order valence-electron chi connectivity index (χ4n) is 2.83. The number of carbonyl (C=O) groups excluding carboxylic acids is 1. The second kappa shape index (κ2) is 8.72. The summed E-state index contributed by atoms with van der Waals surface area (Å²) in [7, 11) is 0. The third-order valence-electron chi connectivity index (χ3n) is 4.17. The number of carbonyl (C=O) groups is 1. The average Bonchev–Trinajstić information content (AvgIpc) is 2.77. The Kier molecular flexibility index (Phi) is 6.91. The SMILES string of the molecule is Cc1nn(CC(C)C)c(C)c1CC(=O)NCCc1c(Cl)cccc1Cl. The minimum atomic E-state index is -0.0153. The van der Waals surface area contributed by atoms with E-state index in [0.717, 1.165) is 29.1 Å². The zero-order valence-electron chi connectivity index (χ0n) is 15.2. The molecule has 6 heteroatoms. The summed E-state index contributed by atoms with van der Waals surface area (Å²) in [4.78, 5) is 12.3. The smallest absolute Gasteiger partial charge is 0.224 e. The fraction of sp³-hybridized carbons (Fsp3) is 0.474. The normalized spacial score (nSPS) is 11.2. The predicted octanol–water partition coefficient (Wildman–Crippen LogP) is 4.36. The fourth-order valence-corrected chi connectivity index (χ4v) is 3.42. The van der Waals surface area contributed by atoms with Gasteiger partial charge in [0.2, 0.25) is 5.91 Å². The van der Waals surface area contributed by atoms with Gasteiger partial charge in [-0.25, -0.2) is 0 Å². The van der Waals surface area contributed by atoms with Crippen molar-refractivity contribution in [1.29, 1.82) is 0 Å². The van der Waals surface area contributed by atoms with Gasteiger partial charge in [-0.05, 0) is 43.9 Å². The molecule has 0 bridgehead atoms. The van der Waals surface area contributed by atoms with E-state index in [4.69, 9.17) is 23.2 Å². The van der Waals surface area contributed by atoms with Gasteiger partial charge in [-0.1, -0.05) is 43.1 Å². The number of amides is 1. The first kappa shape index (κ1) is 19.8. The van der Waals surface area contributed by atoms with Crippen LogP contribution in [-0.2, 0) is 24.2 Å². The number of hydrogen-bond donors (Lipinski definition) is 1. The van der Waals surface area contributed by atoms with Crippen molar-refractivity contribution in [3.63, 3.8) is 0 Å². The number of benzene rings is 1. The average molecular weight is 382 g/mol. The van der Waals surface area contributed by atoms with Crippen LogP contribution >= 0.6 is 23.2 Å². The summed E-state index contributed by atoms with van der Waals surface area (Å²) in [6, 6.07) is 5.42. The van der Waals surface area contributed by atoms with E-state index in [1.54, 1.807) is 12.1 Å². The lowest BCUT2D eigenvalue weighted by atomic mass is 10.1. The van der Waals surface area contributed by atoms with E-state index < -0.39 is 0 Å². The molecule has 4 nitrogen and oxygen atoms in total. The van der Waals surface area contributed by atoms with Crippen LogP contribution in [0.15, 0.2) is 18.2 Å². The highest BCUT2D eigenvalue weighted by Crippen LogP contribution is 2.24. The van der Waals surface area contributed by atoms with E-state index in [-0.39, 0.29) is 5.91 Å². The van der Waals surface area contributed by atoms with E-state index in [1.165, 1.54) is 0 Å². The highest BCUT2D eigenvalue weighted by Gasteiger charge is 2.15. The maximum atomic E-state index is 12.3. The lowest BCUT2D eigenvalue weighted by Crippen LogP contribution is -2.27. The molecule has 0 saturated heterocycles. The molecule has 1 aromatic heterocycles. The molecular formula is C19H25Cl2N3O. The Morgan fingerprint density at radius 2 is 1.84 bits per heavy atom. The molecule has 0 aliphatic heterocycles. The minimum absolute atomic E-state index is 0.0153. The van der Waals surface area contributed by atoms with Gasteiger partial charge in [-0.15, -0.1) is 0 Å². The van der Waals surface area contributed by atoms with Gasteiger partial charge in [0.15, 0.2) is 0 Å². The summed E-state index contributed by atoms with van der Waals surface area (Å²) in [5, 5.41) is 8.76. The van der Waals surface area contributed by atoms with Crippen LogP contribution in [-0.4, -0.2) is 22.2 Å². The largest absolute Gasteiger partial charge is 0.355 e. The summed E-state index contributed by atoms with van der Waals surface area (Å²) >= 11 is 12.3. The van der Waals surface area contributed by atoms with Crippen LogP contribution in [0.3, 0.4) is 0 Å². The van der Waals surface area contributed by atoms with Gasteiger partial charge in [0, 0.05) is 34.4 Å². The molecule has 1 heterocycles. The summed E-state index contributed by atoms with van der Waals surface area (Å²) in [5.41, 5.74) is 3.86. The monoisotopic (exact) mass is 381 g/mol. The molecule has 136 valence electrons. The number of rotatable bonds is 7. The van der Waals surface area contributed by atoms with E-state index in [0.29, 0.717) is 35.3 Å². The van der Waals surface area contributed by atoms with Gasteiger partial charge in [0.1, 0.15) is 0 Å². The number of halogens is 2. The maximum absolute atomic E-state index is 12.3. The first-order chi connectivity index (χ1) is 11.8. The van der Waals surface area contributed by atoms with Crippen molar-refractivity contribution >= 4 is 29.1 Å². The Labute approximate surface area is 159 Å². The highest BCUT2D eigenvalue weighted by atomic mass is 35.5. The number of aromatic nitrogens is 2. The second-order valence-corrected chi connectivity index (χ2v) is 7.52. The van der Waals surface area contributed by atoms with Crippen LogP contribution in [0.5, 0.6) is 0 Å². The van der Waals surface area contributed by atoms with E-state index in [9.17, 15) is 4.79 Å². The molecule has 2 rings (SSSR count). The Bertz CT molecular complexity index is 733.